The lowest BCUT2D eigenvalue weighted by Crippen LogP contribution is -2.50. The predicted octanol–water partition coefficient (Wildman–Crippen LogP) is 7.23. The summed E-state index contributed by atoms with van der Waals surface area (Å²) in [4.78, 5) is 38.3. The normalized spacial score (nSPS) is 21.3. The van der Waals surface area contributed by atoms with Crippen molar-refractivity contribution in [3.05, 3.63) is 82.9 Å². The molecule has 2 fully saturated rings. The number of hydrogen-bond acceptors (Lipinski definition) is 4. The van der Waals surface area contributed by atoms with Gasteiger partial charge in [0.05, 0.1) is 23.8 Å². The van der Waals surface area contributed by atoms with E-state index in [-0.39, 0.29) is 57.7 Å². The number of halogens is 5. The van der Waals surface area contributed by atoms with Crippen molar-refractivity contribution in [3.63, 3.8) is 0 Å². The number of hydrogen-bond donors (Lipinski definition) is 2. The third-order valence-electron chi connectivity index (χ3n) is 8.38. The van der Waals surface area contributed by atoms with Crippen LogP contribution in [0.2, 0.25) is 0 Å². The second-order valence-electron chi connectivity index (χ2n) is 10.7. The summed E-state index contributed by atoms with van der Waals surface area (Å²) in [6.07, 6.45) is -2.61. The van der Waals surface area contributed by atoms with Crippen molar-refractivity contribution in [2.45, 2.75) is 31.9 Å². The van der Waals surface area contributed by atoms with Crippen molar-refractivity contribution in [1.29, 1.82) is 0 Å². The molecule has 3 aromatic carbocycles. The molecule has 3 aromatic rings. The molecule has 220 valence electrons. The number of carboxylic acid groups (broad SMARTS) is 1. The molecule has 2 saturated carbocycles. The van der Waals surface area contributed by atoms with Gasteiger partial charge in [0.2, 0.25) is 5.91 Å². The van der Waals surface area contributed by atoms with E-state index in [1.54, 1.807) is 0 Å². The van der Waals surface area contributed by atoms with Crippen molar-refractivity contribution >= 4 is 23.3 Å². The molecule has 4 atom stereocenters. The van der Waals surface area contributed by atoms with Crippen molar-refractivity contribution < 1.29 is 46.2 Å². The Balaban J connectivity index is 1.40. The Morgan fingerprint density at radius 2 is 1.67 bits per heavy atom. The molecular weight excluding hydrogens is 561 g/mol. The van der Waals surface area contributed by atoms with Crippen LogP contribution in [0.4, 0.5) is 27.6 Å². The molecule has 2 aliphatic rings. The Kier molecular flexibility index (Phi) is 7.78. The molecule has 42 heavy (non-hydrogen) atoms. The Labute approximate surface area is 237 Å². The lowest BCUT2D eigenvalue weighted by molar-refractivity contribution is -0.140. The highest BCUT2D eigenvalue weighted by molar-refractivity contribution is 6.01. The number of rotatable bonds is 8. The summed E-state index contributed by atoms with van der Waals surface area (Å²) >= 11 is 0. The molecule has 0 unspecified atom stereocenters. The van der Waals surface area contributed by atoms with Gasteiger partial charge in [0.25, 0.3) is 0 Å². The molecule has 0 heterocycles. The van der Waals surface area contributed by atoms with Gasteiger partial charge in [-0.1, -0.05) is 12.5 Å². The van der Waals surface area contributed by atoms with Gasteiger partial charge in [-0.05, 0) is 84.7 Å². The van der Waals surface area contributed by atoms with Gasteiger partial charge in [-0.15, -0.1) is 0 Å². The van der Waals surface area contributed by atoms with E-state index in [9.17, 15) is 41.4 Å². The minimum absolute atomic E-state index is 0.0131. The Hall–Kier alpha value is -4.28. The lowest BCUT2D eigenvalue weighted by Gasteiger charge is -2.48. The van der Waals surface area contributed by atoms with Crippen LogP contribution in [0.25, 0.3) is 11.1 Å². The van der Waals surface area contributed by atoms with Crippen LogP contribution in [0.3, 0.4) is 0 Å². The molecule has 0 radical (unpaired) electrons. The van der Waals surface area contributed by atoms with E-state index < -0.39 is 47.1 Å². The van der Waals surface area contributed by atoms with E-state index in [1.807, 2.05) is 0 Å². The zero-order chi connectivity index (χ0) is 30.3. The maximum atomic E-state index is 14.6. The largest absolute Gasteiger partial charge is 0.496 e. The average Bonchev–Trinajstić information content (AvgIpc) is 3.35. The van der Waals surface area contributed by atoms with Gasteiger partial charge >= 0.3 is 12.1 Å². The van der Waals surface area contributed by atoms with Crippen LogP contribution in [-0.2, 0) is 11.0 Å². The first-order chi connectivity index (χ1) is 19.9. The summed E-state index contributed by atoms with van der Waals surface area (Å²) < 4.78 is 73.3. The second-order valence-corrected chi connectivity index (χ2v) is 10.7. The topological polar surface area (TPSA) is 92.7 Å². The molecule has 2 aliphatic carbocycles. The number of ether oxygens (including phenoxy) is 1. The molecule has 0 bridgehead atoms. The van der Waals surface area contributed by atoms with Gasteiger partial charge < -0.3 is 15.2 Å². The van der Waals surface area contributed by atoms with Gasteiger partial charge in [-0.3, -0.25) is 9.59 Å². The Morgan fingerprint density at radius 3 is 2.36 bits per heavy atom. The Bertz CT molecular complexity index is 1570. The molecule has 0 spiro atoms. The van der Waals surface area contributed by atoms with E-state index in [0.717, 1.165) is 37.5 Å². The monoisotopic (exact) mass is 587 g/mol. The third kappa shape index (κ3) is 5.47. The highest BCUT2D eigenvalue weighted by Crippen LogP contribution is 2.57. The summed E-state index contributed by atoms with van der Waals surface area (Å²) in [6, 6.07) is 9.98. The van der Waals surface area contributed by atoms with Crippen LogP contribution in [0, 0.1) is 35.3 Å². The standard InChI is InChI=1S/C31H26F5NO5/c1-42-27-10-6-15(20-12-16(30(40)41)5-8-24(20)32)11-22(27)26(38)14-21-18-3-2-4-19(18)28(21)29(39)37-17-7-9-25(33)23(13-17)31(34,35)36/h5-13,18-19,21,28H,2-4,14H2,1H3,(H,37,39)(H,40,41)/t18-,19+,21+,28-/m1/s1. The predicted molar refractivity (Wildman–Crippen MR) is 142 cm³/mol. The van der Waals surface area contributed by atoms with Crippen molar-refractivity contribution in [2.24, 2.45) is 23.7 Å². The fourth-order valence-corrected chi connectivity index (χ4v) is 6.44. The first-order valence-electron chi connectivity index (χ1n) is 13.3. The van der Waals surface area contributed by atoms with Crippen molar-refractivity contribution in [3.8, 4) is 16.9 Å². The number of methoxy groups -OCH3 is 1. The van der Waals surface area contributed by atoms with Gasteiger partial charge in [-0.2, -0.15) is 13.2 Å². The number of amides is 1. The van der Waals surface area contributed by atoms with E-state index in [2.05, 4.69) is 5.32 Å². The van der Waals surface area contributed by atoms with E-state index in [1.165, 1.54) is 31.4 Å². The van der Waals surface area contributed by atoms with Crippen LogP contribution in [-0.4, -0.2) is 29.9 Å². The van der Waals surface area contributed by atoms with Crippen LogP contribution < -0.4 is 10.1 Å². The number of carbonyl (C=O) groups excluding carboxylic acids is 2. The van der Waals surface area contributed by atoms with Crippen LogP contribution in [0.5, 0.6) is 5.75 Å². The summed E-state index contributed by atoms with van der Waals surface area (Å²) in [5, 5.41) is 11.8. The fraction of sp³-hybridized carbons (Fsp3) is 0.323. The lowest BCUT2D eigenvalue weighted by atomic mass is 9.56. The van der Waals surface area contributed by atoms with E-state index >= 15 is 0 Å². The van der Waals surface area contributed by atoms with Gasteiger partial charge in [0, 0.05) is 23.6 Å². The smallest absolute Gasteiger partial charge is 0.419 e. The number of ketones is 1. The van der Waals surface area contributed by atoms with E-state index in [0.29, 0.717) is 12.1 Å². The number of alkyl halides is 3. The highest BCUT2D eigenvalue weighted by atomic mass is 19.4. The summed E-state index contributed by atoms with van der Waals surface area (Å²) in [6.45, 7) is 0. The molecule has 0 aliphatic heterocycles. The minimum atomic E-state index is -4.93. The molecule has 2 N–H and O–H groups in total. The number of anilines is 1. The maximum absolute atomic E-state index is 14.6. The fourth-order valence-electron chi connectivity index (χ4n) is 6.44. The Morgan fingerprint density at radius 1 is 0.952 bits per heavy atom. The molecule has 0 aromatic heterocycles. The van der Waals surface area contributed by atoms with Gasteiger partial charge in [0.15, 0.2) is 5.78 Å². The number of nitrogens with one attached hydrogen (secondary N) is 1. The number of Topliss-reactive ketones (excluding diaryl/α,β-unsaturated/α-hetero) is 1. The summed E-state index contributed by atoms with van der Waals surface area (Å²) in [5.41, 5.74) is -1.44. The first-order valence-corrected chi connectivity index (χ1v) is 13.3. The zero-order valence-electron chi connectivity index (χ0n) is 22.3. The van der Waals surface area contributed by atoms with E-state index in [4.69, 9.17) is 4.74 Å². The van der Waals surface area contributed by atoms with Crippen molar-refractivity contribution in [1.82, 2.24) is 0 Å². The van der Waals surface area contributed by atoms with Crippen molar-refractivity contribution in [2.75, 3.05) is 12.4 Å². The summed E-state index contributed by atoms with van der Waals surface area (Å²) in [5.74, 6) is -5.07. The zero-order valence-corrected chi connectivity index (χ0v) is 22.3. The first kappa shape index (κ1) is 29.2. The minimum Gasteiger partial charge on any atom is -0.496 e. The average molecular weight is 588 g/mol. The van der Waals surface area contributed by atoms with Gasteiger partial charge in [-0.25, -0.2) is 13.6 Å². The molecular formula is C31H26F5NO5. The molecule has 1 amide bonds. The number of fused-ring (bicyclic) bond motifs is 1. The molecule has 6 nitrogen and oxygen atoms in total. The number of benzene rings is 3. The van der Waals surface area contributed by atoms with Crippen LogP contribution in [0.1, 0.15) is 52.0 Å². The van der Waals surface area contributed by atoms with Crippen LogP contribution >= 0.6 is 0 Å². The SMILES string of the molecule is COc1ccc(-c2cc(C(=O)O)ccc2F)cc1C(=O)C[C@H]1[C@@H]2CCC[C@@H]2[C@H]1C(=O)Nc1ccc(F)c(C(F)(F)F)c1. The molecule has 5 rings (SSSR count). The van der Waals surface area contributed by atoms with Gasteiger partial charge in [0.1, 0.15) is 17.4 Å². The molecule has 0 saturated heterocycles. The quantitative estimate of drug-likeness (QED) is 0.214. The number of carbonyl (C=O) groups is 3. The maximum Gasteiger partial charge on any atom is 0.419 e. The highest BCUT2D eigenvalue weighted by Gasteiger charge is 2.55. The third-order valence-corrected chi connectivity index (χ3v) is 8.38. The number of aromatic carboxylic acids is 1. The summed E-state index contributed by atoms with van der Waals surface area (Å²) in [7, 11) is 1.36. The second kappa shape index (κ2) is 11.2. The number of carboxylic acids is 1. The molecule has 11 heteroatoms. The van der Waals surface area contributed by atoms with Crippen LogP contribution in [0.15, 0.2) is 54.6 Å².